The van der Waals surface area contributed by atoms with Crippen LogP contribution in [0.5, 0.6) is 0 Å². The standard InChI is InChI=1S/C11H22N2O2/c1-2-13(8-10-4-3-5-10)11(14)9-15-7-6-12/h10H,2-9,12H2,1H3. The first-order valence-electron chi connectivity index (χ1n) is 5.83. The van der Waals surface area contributed by atoms with Crippen molar-refractivity contribution in [3.8, 4) is 0 Å². The second-order valence-corrected chi connectivity index (χ2v) is 4.07. The maximum atomic E-state index is 11.7. The molecule has 0 saturated heterocycles. The van der Waals surface area contributed by atoms with Crippen molar-refractivity contribution in [2.45, 2.75) is 26.2 Å². The lowest BCUT2D eigenvalue weighted by molar-refractivity contribution is -0.136. The summed E-state index contributed by atoms with van der Waals surface area (Å²) in [6.45, 7) is 4.81. The van der Waals surface area contributed by atoms with E-state index in [1.54, 1.807) is 0 Å². The minimum absolute atomic E-state index is 0.0952. The van der Waals surface area contributed by atoms with E-state index in [0.717, 1.165) is 19.0 Å². The van der Waals surface area contributed by atoms with Gasteiger partial charge >= 0.3 is 0 Å². The van der Waals surface area contributed by atoms with Crippen molar-refractivity contribution in [2.24, 2.45) is 11.7 Å². The first kappa shape index (κ1) is 12.5. The highest BCUT2D eigenvalue weighted by molar-refractivity contribution is 5.77. The van der Waals surface area contributed by atoms with Crippen molar-refractivity contribution in [3.05, 3.63) is 0 Å². The van der Waals surface area contributed by atoms with Crippen LogP contribution < -0.4 is 5.73 Å². The van der Waals surface area contributed by atoms with Crippen molar-refractivity contribution in [1.29, 1.82) is 0 Å². The second-order valence-electron chi connectivity index (χ2n) is 4.07. The van der Waals surface area contributed by atoms with Gasteiger partial charge in [0.05, 0.1) is 6.61 Å². The molecule has 1 saturated carbocycles. The van der Waals surface area contributed by atoms with Crippen LogP contribution in [-0.2, 0) is 9.53 Å². The number of carbonyl (C=O) groups excluding carboxylic acids is 1. The summed E-state index contributed by atoms with van der Waals surface area (Å²) in [5, 5.41) is 0. The van der Waals surface area contributed by atoms with E-state index < -0.39 is 0 Å². The van der Waals surface area contributed by atoms with Crippen LogP contribution in [0.25, 0.3) is 0 Å². The van der Waals surface area contributed by atoms with Crippen LogP contribution in [0.4, 0.5) is 0 Å². The number of carbonyl (C=O) groups is 1. The Hall–Kier alpha value is -0.610. The lowest BCUT2D eigenvalue weighted by atomic mass is 9.85. The van der Waals surface area contributed by atoms with Gasteiger partial charge in [0.2, 0.25) is 5.91 Å². The summed E-state index contributed by atoms with van der Waals surface area (Å²) in [6, 6.07) is 0. The van der Waals surface area contributed by atoms with Crippen molar-refractivity contribution in [3.63, 3.8) is 0 Å². The molecule has 1 aliphatic rings. The van der Waals surface area contributed by atoms with E-state index in [0.29, 0.717) is 13.2 Å². The molecule has 2 N–H and O–H groups in total. The number of amides is 1. The Balaban J connectivity index is 2.19. The minimum atomic E-state index is 0.0952. The fourth-order valence-electron chi connectivity index (χ4n) is 1.73. The molecule has 1 rings (SSSR count). The minimum Gasteiger partial charge on any atom is -0.370 e. The first-order valence-corrected chi connectivity index (χ1v) is 5.83. The van der Waals surface area contributed by atoms with Crippen molar-refractivity contribution >= 4 is 5.91 Å². The quantitative estimate of drug-likeness (QED) is 0.632. The van der Waals surface area contributed by atoms with Crippen LogP contribution in [-0.4, -0.2) is 43.7 Å². The van der Waals surface area contributed by atoms with Gasteiger partial charge in [0.1, 0.15) is 6.61 Å². The van der Waals surface area contributed by atoms with Crippen LogP contribution >= 0.6 is 0 Å². The predicted molar refractivity (Wildman–Crippen MR) is 59.5 cm³/mol. The highest BCUT2D eigenvalue weighted by Crippen LogP contribution is 2.26. The summed E-state index contributed by atoms with van der Waals surface area (Å²) in [6.07, 6.45) is 3.86. The summed E-state index contributed by atoms with van der Waals surface area (Å²) >= 11 is 0. The van der Waals surface area contributed by atoms with Gasteiger partial charge in [0.15, 0.2) is 0 Å². The molecule has 0 heterocycles. The number of likely N-dealkylation sites (N-methyl/N-ethyl adjacent to an activating group) is 1. The van der Waals surface area contributed by atoms with Gasteiger partial charge in [-0.05, 0) is 25.7 Å². The average Bonchev–Trinajstić information content (AvgIpc) is 2.16. The highest BCUT2D eigenvalue weighted by Gasteiger charge is 2.22. The summed E-state index contributed by atoms with van der Waals surface area (Å²) in [7, 11) is 0. The van der Waals surface area contributed by atoms with Crippen molar-refractivity contribution in [1.82, 2.24) is 4.90 Å². The van der Waals surface area contributed by atoms with Crippen LogP contribution in [0, 0.1) is 5.92 Å². The summed E-state index contributed by atoms with van der Waals surface area (Å²) in [4.78, 5) is 13.6. The van der Waals surface area contributed by atoms with Crippen LogP contribution in [0.2, 0.25) is 0 Å². The monoisotopic (exact) mass is 214 g/mol. The third-order valence-electron chi connectivity index (χ3n) is 2.93. The van der Waals surface area contributed by atoms with Crippen LogP contribution in [0.15, 0.2) is 0 Å². The number of ether oxygens (including phenoxy) is 1. The van der Waals surface area contributed by atoms with E-state index in [-0.39, 0.29) is 12.5 Å². The van der Waals surface area contributed by atoms with Gasteiger partial charge in [-0.3, -0.25) is 4.79 Å². The SMILES string of the molecule is CCN(CC1CCC1)C(=O)COCCN. The Morgan fingerprint density at radius 1 is 1.53 bits per heavy atom. The summed E-state index contributed by atoms with van der Waals surface area (Å²) in [5.74, 6) is 0.821. The van der Waals surface area contributed by atoms with E-state index in [1.807, 2.05) is 11.8 Å². The highest BCUT2D eigenvalue weighted by atomic mass is 16.5. The molecule has 88 valence electrons. The Morgan fingerprint density at radius 3 is 2.73 bits per heavy atom. The summed E-state index contributed by atoms with van der Waals surface area (Å²) < 4.78 is 5.14. The maximum absolute atomic E-state index is 11.7. The molecule has 0 aromatic heterocycles. The van der Waals surface area contributed by atoms with Gasteiger partial charge in [-0.25, -0.2) is 0 Å². The maximum Gasteiger partial charge on any atom is 0.248 e. The lowest BCUT2D eigenvalue weighted by Gasteiger charge is -2.31. The molecule has 0 aliphatic heterocycles. The molecule has 4 nitrogen and oxygen atoms in total. The first-order chi connectivity index (χ1) is 7.27. The molecule has 0 spiro atoms. The normalized spacial score (nSPS) is 16.1. The van der Waals surface area contributed by atoms with Crippen LogP contribution in [0.3, 0.4) is 0 Å². The Labute approximate surface area is 91.8 Å². The third kappa shape index (κ3) is 4.18. The Bertz CT molecular complexity index is 193. The van der Waals surface area contributed by atoms with Crippen LogP contribution in [0.1, 0.15) is 26.2 Å². The molecule has 0 aromatic carbocycles. The number of hydrogen-bond acceptors (Lipinski definition) is 3. The molecule has 15 heavy (non-hydrogen) atoms. The molecule has 0 radical (unpaired) electrons. The van der Waals surface area contributed by atoms with E-state index in [4.69, 9.17) is 10.5 Å². The molecule has 1 aliphatic carbocycles. The Morgan fingerprint density at radius 2 is 2.27 bits per heavy atom. The fourth-order valence-corrected chi connectivity index (χ4v) is 1.73. The summed E-state index contributed by atoms with van der Waals surface area (Å²) in [5.41, 5.74) is 5.28. The molecule has 0 bridgehead atoms. The molecule has 0 aromatic rings. The predicted octanol–water partition coefficient (Wildman–Crippen LogP) is 0.610. The smallest absolute Gasteiger partial charge is 0.248 e. The van der Waals surface area contributed by atoms with E-state index in [2.05, 4.69) is 0 Å². The Kier molecular flexibility index (Phi) is 5.65. The average molecular weight is 214 g/mol. The second kappa shape index (κ2) is 6.80. The van der Waals surface area contributed by atoms with Crippen molar-refractivity contribution in [2.75, 3.05) is 32.8 Å². The molecular formula is C11H22N2O2. The number of hydrogen-bond donors (Lipinski definition) is 1. The van der Waals surface area contributed by atoms with Crippen molar-refractivity contribution < 1.29 is 9.53 Å². The zero-order valence-electron chi connectivity index (χ0n) is 9.58. The zero-order chi connectivity index (χ0) is 11.1. The van der Waals surface area contributed by atoms with E-state index in [1.165, 1.54) is 19.3 Å². The third-order valence-corrected chi connectivity index (χ3v) is 2.93. The molecule has 1 amide bonds. The van der Waals surface area contributed by atoms with E-state index >= 15 is 0 Å². The molecular weight excluding hydrogens is 192 g/mol. The largest absolute Gasteiger partial charge is 0.370 e. The molecule has 4 heteroatoms. The topological polar surface area (TPSA) is 55.6 Å². The lowest BCUT2D eigenvalue weighted by Crippen LogP contribution is -2.39. The molecule has 0 unspecified atom stereocenters. The zero-order valence-corrected chi connectivity index (χ0v) is 9.58. The number of nitrogens with zero attached hydrogens (tertiary/aromatic N) is 1. The fraction of sp³-hybridized carbons (Fsp3) is 0.909. The van der Waals surface area contributed by atoms with Gasteiger partial charge in [-0.2, -0.15) is 0 Å². The van der Waals surface area contributed by atoms with Gasteiger partial charge < -0.3 is 15.4 Å². The van der Waals surface area contributed by atoms with Gasteiger partial charge in [-0.15, -0.1) is 0 Å². The van der Waals surface area contributed by atoms with Gasteiger partial charge in [0.25, 0.3) is 0 Å². The number of nitrogens with two attached hydrogens (primary N) is 1. The molecule has 1 fully saturated rings. The molecule has 0 atom stereocenters. The van der Waals surface area contributed by atoms with E-state index in [9.17, 15) is 4.79 Å². The van der Waals surface area contributed by atoms with Gasteiger partial charge in [-0.1, -0.05) is 6.42 Å². The van der Waals surface area contributed by atoms with Gasteiger partial charge in [0, 0.05) is 19.6 Å². The number of rotatable bonds is 7.